The Labute approximate surface area is 208 Å². The Balaban J connectivity index is 1.23. The number of sulfonamides is 1. The van der Waals surface area contributed by atoms with Crippen molar-refractivity contribution in [3.05, 3.63) is 71.9 Å². The maximum atomic E-state index is 13.2. The Hall–Kier alpha value is -3.37. The molecule has 0 radical (unpaired) electrons. The van der Waals surface area contributed by atoms with E-state index in [9.17, 15) is 13.2 Å². The highest BCUT2D eigenvalue weighted by Gasteiger charge is 2.28. The zero-order valence-corrected chi connectivity index (χ0v) is 21.2. The summed E-state index contributed by atoms with van der Waals surface area (Å²) in [5.41, 5.74) is 3.17. The molecule has 0 spiro atoms. The van der Waals surface area contributed by atoms with Gasteiger partial charge in [0.05, 0.1) is 4.90 Å². The Kier molecular flexibility index (Phi) is 6.24. The summed E-state index contributed by atoms with van der Waals surface area (Å²) in [6.45, 7) is 6.42. The minimum absolute atomic E-state index is 0.0363. The molecule has 1 N–H and O–H groups in total. The van der Waals surface area contributed by atoms with Crippen LogP contribution in [0.15, 0.2) is 71.2 Å². The van der Waals surface area contributed by atoms with Gasteiger partial charge >= 0.3 is 0 Å². The van der Waals surface area contributed by atoms with Crippen LogP contribution in [0.1, 0.15) is 12.5 Å². The number of carbonyl (C=O) groups is 1. The van der Waals surface area contributed by atoms with Crippen molar-refractivity contribution in [3.8, 4) is 0 Å². The van der Waals surface area contributed by atoms with Crippen LogP contribution < -0.4 is 9.62 Å². The Morgan fingerprint density at radius 2 is 1.91 bits per heavy atom. The van der Waals surface area contributed by atoms with Crippen molar-refractivity contribution in [2.75, 3.05) is 29.3 Å². The van der Waals surface area contributed by atoms with Gasteiger partial charge in [-0.3, -0.25) is 9.52 Å². The van der Waals surface area contributed by atoms with E-state index in [1.807, 2.05) is 46.0 Å². The lowest BCUT2D eigenvalue weighted by molar-refractivity contribution is -0.134. The number of rotatable bonds is 6. The van der Waals surface area contributed by atoms with Crippen LogP contribution in [-0.2, 0) is 21.4 Å². The molecule has 1 aliphatic rings. The summed E-state index contributed by atoms with van der Waals surface area (Å²) in [7, 11) is -3.68. The smallest absolute Gasteiger partial charge is 0.263 e. The molecule has 10 heteroatoms. The first-order chi connectivity index (χ1) is 16.8. The van der Waals surface area contributed by atoms with Gasteiger partial charge in [0, 0.05) is 60.0 Å². The molecule has 182 valence electrons. The highest BCUT2D eigenvalue weighted by molar-refractivity contribution is 7.93. The summed E-state index contributed by atoms with van der Waals surface area (Å²) >= 11 is 1.23. The minimum Gasteiger partial charge on any atom is -0.368 e. The van der Waals surface area contributed by atoms with Crippen LogP contribution in [0.25, 0.3) is 10.9 Å². The van der Waals surface area contributed by atoms with Gasteiger partial charge in [0.25, 0.3) is 10.0 Å². The van der Waals surface area contributed by atoms with Gasteiger partial charge in [-0.15, -0.1) is 11.3 Å². The third-order valence-electron chi connectivity index (χ3n) is 6.41. The fraction of sp³-hybridized carbons (Fsp3) is 0.280. The molecule has 2 aromatic carbocycles. The van der Waals surface area contributed by atoms with Crippen LogP contribution >= 0.6 is 11.3 Å². The summed E-state index contributed by atoms with van der Waals surface area (Å²) in [4.78, 5) is 21.5. The summed E-state index contributed by atoms with van der Waals surface area (Å²) in [6.07, 6.45) is 3.60. The van der Waals surface area contributed by atoms with Crippen LogP contribution in [0.2, 0.25) is 0 Å². The van der Waals surface area contributed by atoms with E-state index in [-0.39, 0.29) is 16.8 Å². The first-order valence-electron chi connectivity index (χ1n) is 11.4. The second kappa shape index (κ2) is 9.35. The Bertz CT molecular complexity index is 1450. The fourth-order valence-corrected chi connectivity index (χ4v) is 6.43. The van der Waals surface area contributed by atoms with E-state index in [1.54, 1.807) is 23.7 Å². The summed E-state index contributed by atoms with van der Waals surface area (Å²) < 4.78 is 29.7. The van der Waals surface area contributed by atoms with Gasteiger partial charge in [0.1, 0.15) is 6.54 Å². The summed E-state index contributed by atoms with van der Waals surface area (Å²) in [6, 6.07) is 15.0. The number of para-hydroxylation sites is 1. The van der Waals surface area contributed by atoms with E-state index in [0.717, 1.165) is 11.2 Å². The number of thiazole rings is 1. The minimum atomic E-state index is -3.68. The van der Waals surface area contributed by atoms with Crippen LogP contribution in [-0.4, -0.2) is 54.5 Å². The topological polar surface area (TPSA) is 87.5 Å². The second-order valence-electron chi connectivity index (χ2n) is 8.78. The van der Waals surface area contributed by atoms with Crippen LogP contribution in [0, 0.1) is 6.92 Å². The number of carbonyl (C=O) groups excluding carboxylic acids is 1. The molecule has 1 fully saturated rings. The number of benzene rings is 2. The highest BCUT2D eigenvalue weighted by Crippen LogP contribution is 2.25. The van der Waals surface area contributed by atoms with Crippen molar-refractivity contribution in [3.63, 3.8) is 0 Å². The first kappa shape index (κ1) is 23.4. The number of anilines is 2. The normalized spacial score (nSPS) is 16.6. The van der Waals surface area contributed by atoms with Gasteiger partial charge in [-0.05, 0) is 49.7 Å². The lowest BCUT2D eigenvalue weighted by atomic mass is 10.1. The predicted octanol–water partition coefficient (Wildman–Crippen LogP) is 3.94. The molecule has 2 aromatic heterocycles. The van der Waals surface area contributed by atoms with Crippen molar-refractivity contribution in [1.29, 1.82) is 0 Å². The maximum Gasteiger partial charge on any atom is 0.263 e. The van der Waals surface area contributed by atoms with E-state index in [1.165, 1.54) is 22.3 Å². The standard InChI is InChI=1S/C25H27N5O3S2/c1-18-15-29(23-6-4-3-5-22(18)23)17-24(31)30-13-12-28(16-19(30)2)20-7-9-21(10-8-20)35(32,33)27-25-26-11-14-34-25/h3-11,14-15,19H,12-13,16-17H2,1-2H3,(H,26,27). The summed E-state index contributed by atoms with van der Waals surface area (Å²) in [5.74, 6) is 0.104. The molecule has 5 rings (SSSR count). The van der Waals surface area contributed by atoms with Crippen molar-refractivity contribution in [1.82, 2.24) is 14.5 Å². The molecule has 1 amide bonds. The maximum absolute atomic E-state index is 13.2. The van der Waals surface area contributed by atoms with E-state index < -0.39 is 10.0 Å². The van der Waals surface area contributed by atoms with Crippen molar-refractivity contribution < 1.29 is 13.2 Å². The monoisotopic (exact) mass is 509 g/mol. The number of piperazine rings is 1. The van der Waals surface area contributed by atoms with Crippen LogP contribution in [0.5, 0.6) is 0 Å². The molecule has 0 saturated carbocycles. The van der Waals surface area contributed by atoms with Crippen LogP contribution in [0.3, 0.4) is 0 Å². The number of aromatic nitrogens is 2. The van der Waals surface area contributed by atoms with Gasteiger partial charge in [-0.25, -0.2) is 13.4 Å². The zero-order chi connectivity index (χ0) is 24.6. The fourth-order valence-electron chi connectivity index (χ4n) is 4.64. The Morgan fingerprint density at radius 1 is 1.14 bits per heavy atom. The number of hydrogen-bond donors (Lipinski definition) is 1. The van der Waals surface area contributed by atoms with E-state index in [2.05, 4.69) is 34.5 Å². The molecule has 1 atom stereocenters. The van der Waals surface area contributed by atoms with Crippen molar-refractivity contribution in [2.24, 2.45) is 0 Å². The average molecular weight is 510 g/mol. The zero-order valence-electron chi connectivity index (χ0n) is 19.6. The van der Waals surface area contributed by atoms with Gasteiger partial charge < -0.3 is 14.4 Å². The average Bonchev–Trinajstić information content (AvgIpc) is 3.46. The molecule has 1 unspecified atom stereocenters. The first-order valence-corrected chi connectivity index (χ1v) is 13.8. The van der Waals surface area contributed by atoms with Crippen molar-refractivity contribution >= 4 is 49.0 Å². The number of aryl methyl sites for hydroxylation is 1. The molecule has 8 nitrogen and oxygen atoms in total. The van der Waals surface area contributed by atoms with Gasteiger partial charge in [0.2, 0.25) is 5.91 Å². The largest absolute Gasteiger partial charge is 0.368 e. The third-order valence-corrected chi connectivity index (χ3v) is 8.58. The Morgan fingerprint density at radius 3 is 2.63 bits per heavy atom. The third kappa shape index (κ3) is 4.76. The van der Waals surface area contributed by atoms with E-state index in [0.29, 0.717) is 31.3 Å². The molecule has 1 aliphatic heterocycles. The van der Waals surface area contributed by atoms with Crippen molar-refractivity contribution in [2.45, 2.75) is 31.3 Å². The van der Waals surface area contributed by atoms with Gasteiger partial charge in [-0.1, -0.05) is 18.2 Å². The molecular weight excluding hydrogens is 482 g/mol. The molecule has 0 aliphatic carbocycles. The number of nitrogens with zero attached hydrogens (tertiary/aromatic N) is 4. The predicted molar refractivity (Wildman–Crippen MR) is 139 cm³/mol. The van der Waals surface area contributed by atoms with E-state index in [4.69, 9.17) is 0 Å². The molecule has 1 saturated heterocycles. The molecule has 4 aromatic rings. The van der Waals surface area contributed by atoms with Gasteiger partial charge in [-0.2, -0.15) is 0 Å². The SMILES string of the molecule is Cc1cn(CC(=O)N2CCN(c3ccc(S(=O)(=O)Nc4nccs4)cc3)CC2C)c2ccccc12. The number of hydrogen-bond acceptors (Lipinski definition) is 6. The molecule has 3 heterocycles. The quantitative estimate of drug-likeness (QED) is 0.425. The second-order valence-corrected chi connectivity index (χ2v) is 11.4. The van der Waals surface area contributed by atoms with Crippen LogP contribution in [0.4, 0.5) is 10.8 Å². The van der Waals surface area contributed by atoms with Gasteiger partial charge in [0.15, 0.2) is 5.13 Å². The molecule has 0 bridgehead atoms. The lowest BCUT2D eigenvalue weighted by Crippen LogP contribution is -2.54. The number of amides is 1. The van der Waals surface area contributed by atoms with E-state index >= 15 is 0 Å². The lowest BCUT2D eigenvalue weighted by Gasteiger charge is -2.41. The number of nitrogens with one attached hydrogen (secondary N) is 1. The summed E-state index contributed by atoms with van der Waals surface area (Å²) in [5, 5.41) is 3.23. The number of fused-ring (bicyclic) bond motifs is 1. The highest BCUT2D eigenvalue weighted by atomic mass is 32.2. The molecule has 35 heavy (non-hydrogen) atoms. The molecular formula is C25H27N5O3S2.